The molecule has 0 bridgehead atoms. The van der Waals surface area contributed by atoms with Crippen LogP contribution in [0.2, 0.25) is 0 Å². The second-order valence-corrected chi connectivity index (χ2v) is 4.62. The maximum absolute atomic E-state index is 12.7. The predicted octanol–water partition coefficient (Wildman–Crippen LogP) is 2.38. The lowest BCUT2D eigenvalue weighted by Gasteiger charge is -2.38. The highest BCUT2D eigenvalue weighted by atomic mass is 19.4. The van der Waals surface area contributed by atoms with Crippen molar-refractivity contribution in [1.82, 2.24) is 9.97 Å². The molecule has 2 rings (SSSR count). The summed E-state index contributed by atoms with van der Waals surface area (Å²) in [7, 11) is 0. The molecule has 3 nitrogen and oxygen atoms in total. The van der Waals surface area contributed by atoms with Gasteiger partial charge in [-0.2, -0.15) is 13.2 Å². The minimum atomic E-state index is -4.17. The van der Waals surface area contributed by atoms with E-state index in [-0.39, 0.29) is 12.8 Å². The Hall–Kier alpha value is -1.17. The molecule has 0 spiro atoms. The van der Waals surface area contributed by atoms with Crippen LogP contribution in [0.3, 0.4) is 0 Å². The van der Waals surface area contributed by atoms with Crippen molar-refractivity contribution < 1.29 is 13.2 Å². The standard InChI is InChI=1S/C11H14F3N3/c12-11(13,14)8-2-1-3-10(15,4-8)9-5-16-7-17-6-9/h5-8H,1-4,15H2. The number of aromatic nitrogens is 2. The predicted molar refractivity (Wildman–Crippen MR) is 55.9 cm³/mol. The highest BCUT2D eigenvalue weighted by molar-refractivity contribution is 5.18. The van der Waals surface area contributed by atoms with E-state index >= 15 is 0 Å². The first-order valence-electron chi connectivity index (χ1n) is 5.53. The summed E-state index contributed by atoms with van der Waals surface area (Å²) >= 11 is 0. The van der Waals surface area contributed by atoms with Crippen LogP contribution in [0.1, 0.15) is 31.2 Å². The fraction of sp³-hybridized carbons (Fsp3) is 0.636. The molecular formula is C11H14F3N3. The van der Waals surface area contributed by atoms with Gasteiger partial charge in [-0.3, -0.25) is 0 Å². The maximum atomic E-state index is 12.7. The Kier molecular flexibility index (Phi) is 3.07. The molecule has 1 fully saturated rings. The normalized spacial score (nSPS) is 30.2. The smallest absolute Gasteiger partial charge is 0.321 e. The SMILES string of the molecule is NC1(c2cncnc2)CCCC(C(F)(F)F)C1. The van der Waals surface area contributed by atoms with Crippen molar-refractivity contribution in [2.24, 2.45) is 11.7 Å². The largest absolute Gasteiger partial charge is 0.391 e. The minimum Gasteiger partial charge on any atom is -0.321 e. The summed E-state index contributed by atoms with van der Waals surface area (Å²) in [4.78, 5) is 7.64. The van der Waals surface area contributed by atoms with Crippen LogP contribution in [0, 0.1) is 5.92 Å². The monoisotopic (exact) mass is 245 g/mol. The molecule has 0 aliphatic heterocycles. The first-order chi connectivity index (χ1) is 7.92. The minimum absolute atomic E-state index is 0.0795. The average molecular weight is 245 g/mol. The van der Waals surface area contributed by atoms with Gasteiger partial charge in [0, 0.05) is 23.5 Å². The molecular weight excluding hydrogens is 231 g/mol. The molecule has 6 heteroatoms. The molecule has 0 saturated heterocycles. The van der Waals surface area contributed by atoms with Crippen LogP contribution < -0.4 is 5.73 Å². The van der Waals surface area contributed by atoms with Crippen LogP contribution in [0.15, 0.2) is 18.7 Å². The summed E-state index contributed by atoms with van der Waals surface area (Å²) in [6.07, 6.45) is 1.30. The molecule has 1 aliphatic carbocycles. The molecule has 17 heavy (non-hydrogen) atoms. The number of hydrogen-bond donors (Lipinski definition) is 1. The van der Waals surface area contributed by atoms with Gasteiger partial charge in [-0.05, 0) is 19.3 Å². The van der Waals surface area contributed by atoms with E-state index in [9.17, 15) is 13.2 Å². The molecule has 1 aliphatic rings. The maximum Gasteiger partial charge on any atom is 0.391 e. The number of nitrogens with zero attached hydrogens (tertiary/aromatic N) is 2. The third-order valence-corrected chi connectivity index (χ3v) is 3.38. The molecule has 2 atom stereocenters. The van der Waals surface area contributed by atoms with Gasteiger partial charge in [-0.25, -0.2) is 9.97 Å². The Morgan fingerprint density at radius 2 is 1.94 bits per heavy atom. The van der Waals surface area contributed by atoms with Gasteiger partial charge < -0.3 is 5.73 Å². The van der Waals surface area contributed by atoms with Crippen molar-refractivity contribution in [2.75, 3.05) is 0 Å². The fourth-order valence-corrected chi connectivity index (χ4v) is 2.41. The van der Waals surface area contributed by atoms with Gasteiger partial charge in [0.2, 0.25) is 0 Å². The van der Waals surface area contributed by atoms with Crippen molar-refractivity contribution in [1.29, 1.82) is 0 Å². The van der Waals surface area contributed by atoms with Crippen LogP contribution in [0.5, 0.6) is 0 Å². The third kappa shape index (κ3) is 2.57. The number of alkyl halides is 3. The molecule has 0 aromatic carbocycles. The average Bonchev–Trinajstić information content (AvgIpc) is 2.29. The molecule has 1 aromatic heterocycles. The first-order valence-corrected chi connectivity index (χ1v) is 5.53. The van der Waals surface area contributed by atoms with E-state index in [1.807, 2.05) is 0 Å². The highest BCUT2D eigenvalue weighted by Crippen LogP contribution is 2.44. The van der Waals surface area contributed by atoms with Crippen LogP contribution >= 0.6 is 0 Å². The van der Waals surface area contributed by atoms with Crippen LogP contribution in [-0.2, 0) is 5.54 Å². The molecule has 2 N–H and O–H groups in total. The zero-order chi connectivity index (χ0) is 12.5. The van der Waals surface area contributed by atoms with Crippen molar-refractivity contribution >= 4 is 0 Å². The van der Waals surface area contributed by atoms with E-state index in [2.05, 4.69) is 9.97 Å². The van der Waals surface area contributed by atoms with Gasteiger partial charge in [0.1, 0.15) is 6.33 Å². The van der Waals surface area contributed by atoms with E-state index < -0.39 is 17.6 Å². The van der Waals surface area contributed by atoms with Gasteiger partial charge in [0.15, 0.2) is 0 Å². The van der Waals surface area contributed by atoms with Crippen molar-refractivity contribution in [3.05, 3.63) is 24.3 Å². The quantitative estimate of drug-likeness (QED) is 0.826. The highest BCUT2D eigenvalue weighted by Gasteiger charge is 2.46. The van der Waals surface area contributed by atoms with Crippen LogP contribution in [0.4, 0.5) is 13.2 Å². The molecule has 2 unspecified atom stereocenters. The fourth-order valence-electron chi connectivity index (χ4n) is 2.41. The van der Waals surface area contributed by atoms with E-state index in [1.54, 1.807) is 0 Å². The summed E-state index contributed by atoms with van der Waals surface area (Å²) in [6.45, 7) is 0. The van der Waals surface area contributed by atoms with E-state index in [1.165, 1.54) is 18.7 Å². The van der Waals surface area contributed by atoms with Crippen molar-refractivity contribution in [2.45, 2.75) is 37.4 Å². The summed E-state index contributed by atoms with van der Waals surface area (Å²) in [5.41, 5.74) is 5.73. The second kappa shape index (κ2) is 4.25. The van der Waals surface area contributed by atoms with E-state index in [4.69, 9.17) is 5.73 Å². The third-order valence-electron chi connectivity index (χ3n) is 3.38. The van der Waals surface area contributed by atoms with Crippen molar-refractivity contribution in [3.8, 4) is 0 Å². The Balaban J connectivity index is 2.21. The Morgan fingerprint density at radius 1 is 1.29 bits per heavy atom. The first kappa shape index (κ1) is 12.3. The summed E-state index contributed by atoms with van der Waals surface area (Å²) in [6, 6.07) is 0. The molecule has 0 radical (unpaired) electrons. The van der Waals surface area contributed by atoms with Crippen molar-refractivity contribution in [3.63, 3.8) is 0 Å². The van der Waals surface area contributed by atoms with Crippen LogP contribution in [0.25, 0.3) is 0 Å². The Labute approximate surface area is 97.3 Å². The lowest BCUT2D eigenvalue weighted by atomic mass is 9.73. The van der Waals surface area contributed by atoms with E-state index in [0.29, 0.717) is 18.4 Å². The molecule has 94 valence electrons. The van der Waals surface area contributed by atoms with Gasteiger partial charge >= 0.3 is 6.18 Å². The van der Waals surface area contributed by atoms with Gasteiger partial charge in [0.25, 0.3) is 0 Å². The number of nitrogens with two attached hydrogens (primary N) is 1. The Bertz CT molecular complexity index is 379. The lowest BCUT2D eigenvalue weighted by molar-refractivity contribution is -0.187. The lowest BCUT2D eigenvalue weighted by Crippen LogP contribution is -2.45. The van der Waals surface area contributed by atoms with Gasteiger partial charge in [0.05, 0.1) is 5.92 Å². The number of rotatable bonds is 1. The molecule has 1 heterocycles. The second-order valence-electron chi connectivity index (χ2n) is 4.62. The Morgan fingerprint density at radius 3 is 2.53 bits per heavy atom. The summed E-state index contributed by atoms with van der Waals surface area (Å²) in [5.74, 6) is -1.32. The van der Waals surface area contributed by atoms with Gasteiger partial charge in [-0.15, -0.1) is 0 Å². The summed E-state index contributed by atoms with van der Waals surface area (Å²) < 4.78 is 38.1. The topological polar surface area (TPSA) is 51.8 Å². The zero-order valence-electron chi connectivity index (χ0n) is 9.24. The number of halogens is 3. The van der Waals surface area contributed by atoms with Gasteiger partial charge in [-0.1, -0.05) is 6.42 Å². The van der Waals surface area contributed by atoms with E-state index in [0.717, 1.165) is 0 Å². The molecule has 1 aromatic rings. The zero-order valence-corrected chi connectivity index (χ0v) is 9.24. The van der Waals surface area contributed by atoms with Crippen LogP contribution in [-0.4, -0.2) is 16.1 Å². The molecule has 1 saturated carbocycles. The molecule has 0 amide bonds. The summed E-state index contributed by atoms with van der Waals surface area (Å²) in [5, 5.41) is 0. The number of hydrogen-bond acceptors (Lipinski definition) is 3.